The Morgan fingerprint density at radius 2 is 1.84 bits per heavy atom. The van der Waals surface area contributed by atoms with Crippen molar-refractivity contribution in [1.29, 1.82) is 0 Å². The van der Waals surface area contributed by atoms with Crippen LogP contribution in [0, 0.1) is 11.6 Å². The Kier molecular flexibility index (Phi) is 6.69. The summed E-state index contributed by atoms with van der Waals surface area (Å²) in [6.45, 7) is -0.364. The highest BCUT2D eigenvalue weighted by Crippen LogP contribution is 2.27. The van der Waals surface area contributed by atoms with Gasteiger partial charge in [0.05, 0.1) is 0 Å². The van der Waals surface area contributed by atoms with Crippen molar-refractivity contribution in [1.82, 2.24) is 5.32 Å². The molecule has 0 aliphatic carbocycles. The fraction of sp³-hybridized carbons (Fsp3) is 0.235. The first-order valence-electron chi connectivity index (χ1n) is 7.34. The third kappa shape index (κ3) is 5.12. The Morgan fingerprint density at radius 1 is 1.16 bits per heavy atom. The van der Waals surface area contributed by atoms with Gasteiger partial charge in [-0.2, -0.15) is 0 Å². The zero-order valence-electron chi connectivity index (χ0n) is 13.0. The van der Waals surface area contributed by atoms with E-state index < -0.39 is 41.5 Å². The van der Waals surface area contributed by atoms with Crippen LogP contribution in [-0.2, 0) is 11.3 Å². The number of rotatable bonds is 6. The summed E-state index contributed by atoms with van der Waals surface area (Å²) in [7, 11) is 0. The van der Waals surface area contributed by atoms with Crippen LogP contribution in [0.25, 0.3) is 0 Å². The summed E-state index contributed by atoms with van der Waals surface area (Å²) >= 11 is 5.43. The van der Waals surface area contributed by atoms with Crippen molar-refractivity contribution in [3.05, 3.63) is 70.2 Å². The molecule has 0 heterocycles. The molecule has 0 bridgehead atoms. The van der Waals surface area contributed by atoms with Gasteiger partial charge < -0.3 is 20.3 Å². The predicted molar refractivity (Wildman–Crippen MR) is 87.0 cm³/mol. The molecule has 0 spiro atoms. The Balaban J connectivity index is 1.86. The molecule has 0 radical (unpaired) electrons. The van der Waals surface area contributed by atoms with Crippen LogP contribution in [0.1, 0.15) is 17.2 Å². The van der Waals surface area contributed by atoms with Crippen molar-refractivity contribution in [2.75, 3.05) is 6.54 Å². The number of halogens is 3. The molecular formula is C17H16ClF2NO4. The van der Waals surface area contributed by atoms with Gasteiger partial charge in [-0.25, -0.2) is 13.6 Å². The number of nitrogens with one attached hydrogen (secondary N) is 1. The number of alkyl carbamates (subject to hydrolysis) is 1. The van der Waals surface area contributed by atoms with E-state index in [2.05, 4.69) is 5.32 Å². The topological polar surface area (TPSA) is 78.8 Å². The third-order valence-electron chi connectivity index (χ3n) is 3.42. The van der Waals surface area contributed by atoms with Gasteiger partial charge in [0.1, 0.15) is 29.7 Å². The average Bonchev–Trinajstić information content (AvgIpc) is 2.63. The van der Waals surface area contributed by atoms with E-state index in [1.165, 1.54) is 0 Å². The van der Waals surface area contributed by atoms with Crippen LogP contribution in [0.3, 0.4) is 0 Å². The Bertz CT molecular complexity index is 730. The first kappa shape index (κ1) is 19.1. The van der Waals surface area contributed by atoms with E-state index in [1.807, 2.05) is 6.07 Å². The van der Waals surface area contributed by atoms with E-state index in [9.17, 15) is 23.8 Å². The number of ether oxygens (including phenoxy) is 1. The van der Waals surface area contributed by atoms with Crippen LogP contribution in [0.2, 0.25) is 5.02 Å². The molecule has 0 saturated heterocycles. The molecule has 3 N–H and O–H groups in total. The lowest BCUT2D eigenvalue weighted by atomic mass is 10.0. The van der Waals surface area contributed by atoms with Gasteiger partial charge in [-0.15, -0.1) is 0 Å². The van der Waals surface area contributed by atoms with Gasteiger partial charge in [0.15, 0.2) is 5.82 Å². The van der Waals surface area contributed by atoms with Crippen LogP contribution >= 0.6 is 11.6 Å². The van der Waals surface area contributed by atoms with Crippen molar-refractivity contribution in [3.8, 4) is 0 Å². The molecule has 2 aromatic carbocycles. The molecule has 5 nitrogen and oxygen atoms in total. The fourth-order valence-corrected chi connectivity index (χ4v) is 2.22. The summed E-state index contributed by atoms with van der Waals surface area (Å²) in [5.74, 6) is -2.15. The van der Waals surface area contributed by atoms with E-state index in [-0.39, 0.29) is 12.2 Å². The van der Waals surface area contributed by atoms with Crippen molar-refractivity contribution < 1.29 is 28.5 Å². The molecule has 0 saturated carbocycles. The van der Waals surface area contributed by atoms with E-state index in [0.717, 1.165) is 17.7 Å². The zero-order chi connectivity index (χ0) is 18.4. The average molecular weight is 372 g/mol. The van der Waals surface area contributed by atoms with Crippen molar-refractivity contribution in [2.45, 2.75) is 18.8 Å². The maximum atomic E-state index is 13.8. The summed E-state index contributed by atoms with van der Waals surface area (Å²) < 4.78 is 31.9. The molecule has 25 heavy (non-hydrogen) atoms. The Labute approximate surface area is 147 Å². The summed E-state index contributed by atoms with van der Waals surface area (Å²) in [5, 5.41) is 21.3. The molecule has 8 heteroatoms. The Morgan fingerprint density at radius 3 is 2.52 bits per heavy atom. The minimum absolute atomic E-state index is 0.0352. The molecule has 2 unspecified atom stereocenters. The van der Waals surface area contributed by atoms with Gasteiger partial charge >= 0.3 is 6.09 Å². The molecule has 134 valence electrons. The number of carbonyl (C=O) groups excluding carboxylic acids is 1. The quantitative estimate of drug-likeness (QED) is 0.682. The molecule has 0 aliphatic heterocycles. The number of aliphatic hydroxyl groups is 2. The number of hydrogen-bond acceptors (Lipinski definition) is 4. The fourth-order valence-electron chi connectivity index (χ4n) is 2.05. The molecule has 0 fully saturated rings. The molecule has 1 amide bonds. The molecule has 2 aromatic rings. The van der Waals surface area contributed by atoms with E-state index in [1.54, 1.807) is 24.3 Å². The number of hydrogen-bond donors (Lipinski definition) is 3. The van der Waals surface area contributed by atoms with Gasteiger partial charge in [0, 0.05) is 12.1 Å². The number of aliphatic hydroxyl groups excluding tert-OH is 2. The molecule has 2 atom stereocenters. The maximum absolute atomic E-state index is 13.8. The summed E-state index contributed by atoms with van der Waals surface area (Å²) in [6, 6.07) is 10.8. The van der Waals surface area contributed by atoms with Gasteiger partial charge in [-0.1, -0.05) is 48.0 Å². The van der Waals surface area contributed by atoms with Gasteiger partial charge in [0.2, 0.25) is 0 Å². The number of benzene rings is 2. The first-order chi connectivity index (χ1) is 11.9. The standard InChI is InChI=1S/C17H16ClF2NO4/c18-14-12(19)7-6-11(15(14)20)16(23)13(22)8-21-17(24)25-9-10-4-2-1-3-5-10/h1-7,13,16,22-23H,8-9H2,(H,21,24). The third-order valence-corrected chi connectivity index (χ3v) is 3.76. The van der Waals surface area contributed by atoms with Crippen molar-refractivity contribution in [2.24, 2.45) is 0 Å². The largest absolute Gasteiger partial charge is 0.445 e. The SMILES string of the molecule is O=C(NCC(O)C(O)c1ccc(F)c(Cl)c1F)OCc1ccccc1. The van der Waals surface area contributed by atoms with Crippen LogP contribution in [-0.4, -0.2) is 29.0 Å². The predicted octanol–water partition coefficient (Wildman–Crippen LogP) is 2.94. The summed E-state index contributed by atoms with van der Waals surface area (Å²) in [5.41, 5.74) is 0.402. The molecule has 0 aromatic heterocycles. The first-order valence-corrected chi connectivity index (χ1v) is 7.72. The normalized spacial score (nSPS) is 13.2. The van der Waals surface area contributed by atoms with Gasteiger partial charge in [0.25, 0.3) is 0 Å². The number of carbonyl (C=O) groups is 1. The molecular weight excluding hydrogens is 356 g/mol. The summed E-state index contributed by atoms with van der Waals surface area (Å²) in [4.78, 5) is 11.6. The van der Waals surface area contributed by atoms with E-state index >= 15 is 0 Å². The smallest absolute Gasteiger partial charge is 0.407 e. The Hall–Kier alpha value is -2.22. The van der Waals surface area contributed by atoms with Crippen LogP contribution in [0.15, 0.2) is 42.5 Å². The molecule has 2 rings (SSSR count). The van der Waals surface area contributed by atoms with Gasteiger partial charge in [-0.05, 0) is 11.6 Å². The van der Waals surface area contributed by atoms with Crippen LogP contribution in [0.5, 0.6) is 0 Å². The monoisotopic (exact) mass is 371 g/mol. The second-order valence-corrected chi connectivity index (χ2v) is 5.60. The van der Waals surface area contributed by atoms with Crippen LogP contribution < -0.4 is 5.32 Å². The lowest BCUT2D eigenvalue weighted by Crippen LogP contribution is -2.36. The van der Waals surface area contributed by atoms with Crippen molar-refractivity contribution in [3.63, 3.8) is 0 Å². The summed E-state index contributed by atoms with van der Waals surface area (Å²) in [6.07, 6.45) is -4.06. The highest BCUT2D eigenvalue weighted by molar-refractivity contribution is 6.30. The lowest BCUT2D eigenvalue weighted by Gasteiger charge is -2.19. The maximum Gasteiger partial charge on any atom is 0.407 e. The lowest BCUT2D eigenvalue weighted by molar-refractivity contribution is 0.0163. The highest BCUT2D eigenvalue weighted by atomic mass is 35.5. The van der Waals surface area contributed by atoms with E-state index in [0.29, 0.717) is 0 Å². The highest BCUT2D eigenvalue weighted by Gasteiger charge is 2.24. The van der Waals surface area contributed by atoms with E-state index in [4.69, 9.17) is 16.3 Å². The van der Waals surface area contributed by atoms with Crippen molar-refractivity contribution >= 4 is 17.7 Å². The minimum atomic E-state index is -1.70. The minimum Gasteiger partial charge on any atom is -0.445 e. The van der Waals surface area contributed by atoms with Gasteiger partial charge in [-0.3, -0.25) is 0 Å². The van der Waals surface area contributed by atoms with Crippen LogP contribution in [0.4, 0.5) is 13.6 Å². The zero-order valence-corrected chi connectivity index (χ0v) is 13.7. The molecule has 0 aliphatic rings. The second-order valence-electron chi connectivity index (χ2n) is 5.22. The number of amides is 1. The second kappa shape index (κ2) is 8.75.